The number of fused-ring (bicyclic) bond motifs is 1. The predicted octanol–water partition coefficient (Wildman–Crippen LogP) is 5.72. The molecule has 0 radical (unpaired) electrons. The Morgan fingerprint density at radius 1 is 1.11 bits per heavy atom. The van der Waals surface area contributed by atoms with Gasteiger partial charge in [-0.05, 0) is 43.4 Å². The maximum absolute atomic E-state index is 6.02. The topological polar surface area (TPSA) is 77.3 Å². The molecule has 0 saturated carbocycles. The van der Waals surface area contributed by atoms with Crippen LogP contribution in [-0.4, -0.2) is 46.5 Å². The van der Waals surface area contributed by atoms with Crippen LogP contribution in [0.5, 0.6) is 5.75 Å². The zero-order valence-corrected chi connectivity index (χ0v) is 21.5. The Hall–Kier alpha value is -3.62. The normalized spacial score (nSPS) is 17.4. The lowest BCUT2D eigenvalue weighted by atomic mass is 9.97. The lowest BCUT2D eigenvalue weighted by Gasteiger charge is -2.24. The summed E-state index contributed by atoms with van der Waals surface area (Å²) in [5.41, 5.74) is 5.29. The van der Waals surface area contributed by atoms with Crippen LogP contribution >= 0.6 is 11.6 Å². The number of methoxy groups -OCH3 is 1. The largest absolute Gasteiger partial charge is 0.494 e. The fourth-order valence-corrected chi connectivity index (χ4v) is 5.36. The molecule has 0 amide bonds. The number of ether oxygens (including phenoxy) is 2. The van der Waals surface area contributed by atoms with Gasteiger partial charge in [0, 0.05) is 42.6 Å². The van der Waals surface area contributed by atoms with Crippen molar-refractivity contribution in [2.45, 2.75) is 31.6 Å². The van der Waals surface area contributed by atoms with Gasteiger partial charge in [-0.3, -0.25) is 0 Å². The molecule has 1 atom stereocenters. The highest BCUT2D eigenvalue weighted by Crippen LogP contribution is 2.41. The first-order valence-electron chi connectivity index (χ1n) is 12.6. The molecule has 3 heterocycles. The average Bonchev–Trinajstić information content (AvgIpc) is 3.45. The monoisotopic (exact) mass is 516 g/mol. The van der Waals surface area contributed by atoms with Crippen LogP contribution < -0.4 is 15.0 Å². The van der Waals surface area contributed by atoms with Gasteiger partial charge in [0.05, 0.1) is 18.5 Å². The standard InChI is InChI=1S/C28H29ClN6O2/c1-36-24-15-20(9-12-23(24)35-16-25(29)30-17-35)31-28-32-26-21(19-7-3-2-4-8-19)10-11-22(26)27(33-28)34-13-5-6-14-37-18-34/h2-4,7-9,12,15-17,21H,5-6,10-11,13-14,18H2,1H3,(H,31,32,33). The number of rotatable bonds is 6. The van der Waals surface area contributed by atoms with Gasteiger partial charge < -0.3 is 24.3 Å². The second-order valence-corrected chi connectivity index (χ2v) is 9.75. The molecule has 2 aliphatic rings. The van der Waals surface area contributed by atoms with Crippen LogP contribution in [0.25, 0.3) is 5.69 Å². The number of halogens is 1. The van der Waals surface area contributed by atoms with Crippen LogP contribution in [0.3, 0.4) is 0 Å². The third kappa shape index (κ3) is 4.86. The molecule has 190 valence electrons. The summed E-state index contributed by atoms with van der Waals surface area (Å²) in [6.07, 6.45) is 7.54. The molecule has 0 bridgehead atoms. The van der Waals surface area contributed by atoms with E-state index in [-0.39, 0.29) is 5.92 Å². The predicted molar refractivity (Wildman–Crippen MR) is 144 cm³/mol. The van der Waals surface area contributed by atoms with Crippen LogP contribution in [0.2, 0.25) is 5.15 Å². The summed E-state index contributed by atoms with van der Waals surface area (Å²) in [5, 5.41) is 3.86. The van der Waals surface area contributed by atoms with Gasteiger partial charge in [-0.1, -0.05) is 41.9 Å². The van der Waals surface area contributed by atoms with Gasteiger partial charge in [0.2, 0.25) is 5.95 Å². The first kappa shape index (κ1) is 23.8. The van der Waals surface area contributed by atoms with Crippen molar-refractivity contribution in [3.05, 3.63) is 83.0 Å². The molecule has 2 aromatic heterocycles. The molecule has 37 heavy (non-hydrogen) atoms. The van der Waals surface area contributed by atoms with Crippen molar-refractivity contribution >= 4 is 29.1 Å². The van der Waals surface area contributed by atoms with E-state index in [1.807, 2.05) is 22.8 Å². The number of anilines is 3. The van der Waals surface area contributed by atoms with Crippen molar-refractivity contribution in [1.29, 1.82) is 0 Å². The maximum Gasteiger partial charge on any atom is 0.229 e. The summed E-state index contributed by atoms with van der Waals surface area (Å²) in [4.78, 5) is 16.5. The van der Waals surface area contributed by atoms with Gasteiger partial charge in [0.25, 0.3) is 0 Å². The van der Waals surface area contributed by atoms with Crippen LogP contribution in [0.15, 0.2) is 61.1 Å². The van der Waals surface area contributed by atoms with Gasteiger partial charge in [-0.2, -0.15) is 4.98 Å². The highest BCUT2D eigenvalue weighted by atomic mass is 35.5. The fraction of sp³-hybridized carbons (Fsp3) is 0.321. The third-order valence-electron chi connectivity index (χ3n) is 7.01. The highest BCUT2D eigenvalue weighted by molar-refractivity contribution is 6.29. The van der Waals surface area contributed by atoms with E-state index in [1.54, 1.807) is 19.6 Å². The minimum absolute atomic E-state index is 0.245. The Balaban J connectivity index is 1.38. The summed E-state index contributed by atoms with van der Waals surface area (Å²) in [6, 6.07) is 16.5. The van der Waals surface area contributed by atoms with Crippen molar-refractivity contribution in [3.63, 3.8) is 0 Å². The Morgan fingerprint density at radius 2 is 2.00 bits per heavy atom. The molecule has 6 rings (SSSR count). The molecule has 1 fully saturated rings. The van der Waals surface area contributed by atoms with Gasteiger partial charge in [0.15, 0.2) is 0 Å². The minimum Gasteiger partial charge on any atom is -0.494 e. The van der Waals surface area contributed by atoms with Gasteiger partial charge in [-0.25, -0.2) is 9.97 Å². The van der Waals surface area contributed by atoms with E-state index >= 15 is 0 Å². The maximum atomic E-state index is 6.02. The number of hydrogen-bond donors (Lipinski definition) is 1. The van der Waals surface area contributed by atoms with Crippen molar-refractivity contribution < 1.29 is 9.47 Å². The zero-order chi connectivity index (χ0) is 25.2. The second-order valence-electron chi connectivity index (χ2n) is 9.36. The molecule has 4 aromatic rings. The SMILES string of the molecule is COc1cc(Nc2nc3c(c(N4CCCCOC4)n2)CCC3c2ccccc2)ccc1-n1cnc(Cl)c1. The number of imidazole rings is 1. The summed E-state index contributed by atoms with van der Waals surface area (Å²) >= 11 is 6.02. The van der Waals surface area contributed by atoms with Crippen LogP contribution in [0.4, 0.5) is 17.5 Å². The summed E-state index contributed by atoms with van der Waals surface area (Å²) in [5.74, 6) is 2.48. The van der Waals surface area contributed by atoms with Crippen molar-refractivity contribution in [3.8, 4) is 11.4 Å². The highest BCUT2D eigenvalue weighted by Gasteiger charge is 2.31. The summed E-state index contributed by atoms with van der Waals surface area (Å²) in [6.45, 7) is 2.26. The van der Waals surface area contributed by atoms with Crippen LogP contribution in [0, 0.1) is 0 Å². The zero-order valence-electron chi connectivity index (χ0n) is 20.7. The molecule has 1 aliphatic carbocycles. The quantitative estimate of drug-likeness (QED) is 0.351. The van der Waals surface area contributed by atoms with E-state index in [0.29, 0.717) is 23.6 Å². The lowest BCUT2D eigenvalue weighted by Crippen LogP contribution is -2.28. The number of benzene rings is 2. The van der Waals surface area contributed by atoms with E-state index < -0.39 is 0 Å². The van der Waals surface area contributed by atoms with Gasteiger partial charge in [-0.15, -0.1) is 0 Å². The Labute approximate surface area is 221 Å². The van der Waals surface area contributed by atoms with E-state index in [1.165, 1.54) is 11.1 Å². The van der Waals surface area contributed by atoms with Crippen molar-refractivity contribution in [2.75, 3.05) is 37.2 Å². The smallest absolute Gasteiger partial charge is 0.229 e. The van der Waals surface area contributed by atoms with E-state index in [2.05, 4.69) is 45.5 Å². The third-order valence-corrected chi connectivity index (χ3v) is 7.21. The van der Waals surface area contributed by atoms with E-state index in [9.17, 15) is 0 Å². The number of aromatic nitrogens is 4. The van der Waals surface area contributed by atoms with E-state index in [0.717, 1.165) is 61.7 Å². The molecule has 2 aromatic carbocycles. The average molecular weight is 517 g/mol. The lowest BCUT2D eigenvalue weighted by molar-refractivity contribution is 0.145. The molecule has 0 spiro atoms. The number of nitrogens with one attached hydrogen (secondary N) is 1. The Kier molecular flexibility index (Phi) is 6.68. The van der Waals surface area contributed by atoms with Gasteiger partial charge in [0.1, 0.15) is 29.8 Å². The van der Waals surface area contributed by atoms with Gasteiger partial charge >= 0.3 is 0 Å². The molecule has 9 heteroatoms. The fourth-order valence-electron chi connectivity index (χ4n) is 5.21. The first-order valence-corrected chi connectivity index (χ1v) is 13.0. The summed E-state index contributed by atoms with van der Waals surface area (Å²) < 4.78 is 13.4. The summed E-state index contributed by atoms with van der Waals surface area (Å²) in [7, 11) is 1.65. The molecule has 1 unspecified atom stereocenters. The van der Waals surface area contributed by atoms with Crippen molar-refractivity contribution in [1.82, 2.24) is 19.5 Å². The molecular formula is C28H29ClN6O2. The number of hydrogen-bond acceptors (Lipinski definition) is 7. The Bertz CT molecular complexity index is 1380. The molecule has 8 nitrogen and oxygen atoms in total. The van der Waals surface area contributed by atoms with Crippen LogP contribution in [0.1, 0.15) is 42.0 Å². The number of nitrogens with zero attached hydrogens (tertiary/aromatic N) is 5. The van der Waals surface area contributed by atoms with E-state index in [4.69, 9.17) is 31.0 Å². The van der Waals surface area contributed by atoms with Crippen molar-refractivity contribution in [2.24, 2.45) is 0 Å². The first-order chi connectivity index (χ1) is 18.2. The molecule has 1 saturated heterocycles. The van der Waals surface area contributed by atoms with Crippen LogP contribution in [-0.2, 0) is 11.2 Å². The minimum atomic E-state index is 0.245. The molecular weight excluding hydrogens is 488 g/mol. The molecule has 1 N–H and O–H groups in total. The second kappa shape index (κ2) is 10.4. The Morgan fingerprint density at radius 3 is 2.81 bits per heavy atom. The molecule has 1 aliphatic heterocycles.